The van der Waals surface area contributed by atoms with Crippen LogP contribution in [0.1, 0.15) is 40.3 Å². The highest BCUT2D eigenvalue weighted by atomic mass is 35.5. The van der Waals surface area contributed by atoms with E-state index in [1.165, 1.54) is 10.6 Å². The van der Waals surface area contributed by atoms with Gasteiger partial charge in [0.25, 0.3) is 0 Å². The SMILES string of the molecule is Cc1c(N2CCC(C(=O)O)CC2)nc(C(=O)c2c(Cl)cccc2C(F)(F)F)n1C. The highest BCUT2D eigenvalue weighted by molar-refractivity contribution is 6.35. The first kappa shape index (κ1) is 21.2. The van der Waals surface area contributed by atoms with Crippen molar-refractivity contribution in [3.63, 3.8) is 0 Å². The predicted octanol–water partition coefficient (Wildman–Crippen LogP) is 3.93. The highest BCUT2D eigenvalue weighted by Gasteiger charge is 2.38. The summed E-state index contributed by atoms with van der Waals surface area (Å²) in [4.78, 5) is 30.3. The Morgan fingerprint density at radius 3 is 2.41 bits per heavy atom. The molecule has 1 N–H and O–H groups in total. The minimum atomic E-state index is -4.74. The lowest BCUT2D eigenvalue weighted by molar-refractivity contribution is -0.142. The molecule has 1 aromatic carbocycles. The molecule has 1 aromatic heterocycles. The first-order chi connectivity index (χ1) is 13.5. The third kappa shape index (κ3) is 3.96. The van der Waals surface area contributed by atoms with Gasteiger partial charge >= 0.3 is 12.1 Å². The van der Waals surface area contributed by atoms with Crippen LogP contribution < -0.4 is 4.90 Å². The largest absolute Gasteiger partial charge is 0.481 e. The maximum Gasteiger partial charge on any atom is 0.417 e. The maximum absolute atomic E-state index is 13.4. The summed E-state index contributed by atoms with van der Waals surface area (Å²) in [5.41, 5.74) is -1.15. The molecule has 2 heterocycles. The quantitative estimate of drug-likeness (QED) is 0.745. The number of imidazole rings is 1. The number of carbonyl (C=O) groups is 2. The van der Waals surface area contributed by atoms with E-state index in [-0.39, 0.29) is 10.8 Å². The monoisotopic (exact) mass is 429 g/mol. The Morgan fingerprint density at radius 2 is 1.86 bits per heavy atom. The summed E-state index contributed by atoms with van der Waals surface area (Å²) in [6, 6.07) is 3.19. The molecule has 3 rings (SSSR count). The lowest BCUT2D eigenvalue weighted by Crippen LogP contribution is -2.36. The summed E-state index contributed by atoms with van der Waals surface area (Å²) in [7, 11) is 1.55. The molecule has 1 saturated heterocycles. The van der Waals surface area contributed by atoms with Crippen molar-refractivity contribution < 1.29 is 27.9 Å². The van der Waals surface area contributed by atoms with Crippen molar-refractivity contribution in [3.05, 3.63) is 45.9 Å². The number of ketones is 1. The van der Waals surface area contributed by atoms with Crippen molar-refractivity contribution >= 4 is 29.2 Å². The predicted molar refractivity (Wildman–Crippen MR) is 100 cm³/mol. The minimum absolute atomic E-state index is 0.156. The highest BCUT2D eigenvalue weighted by Crippen LogP contribution is 2.36. The lowest BCUT2D eigenvalue weighted by Gasteiger charge is -2.30. The zero-order valence-corrected chi connectivity index (χ0v) is 16.5. The Kier molecular flexibility index (Phi) is 5.62. The molecule has 29 heavy (non-hydrogen) atoms. The number of piperidine rings is 1. The summed E-state index contributed by atoms with van der Waals surface area (Å²) in [5, 5.41) is 8.83. The zero-order valence-electron chi connectivity index (χ0n) is 15.8. The van der Waals surface area contributed by atoms with Gasteiger partial charge in [-0.05, 0) is 31.9 Å². The number of anilines is 1. The molecule has 156 valence electrons. The fourth-order valence-corrected chi connectivity index (χ4v) is 3.77. The average Bonchev–Trinajstić information content (AvgIpc) is 2.95. The van der Waals surface area contributed by atoms with E-state index in [1.54, 1.807) is 14.0 Å². The molecule has 0 bridgehead atoms. The Bertz CT molecular complexity index is 964. The molecule has 0 saturated carbocycles. The van der Waals surface area contributed by atoms with Gasteiger partial charge in [0.1, 0.15) is 0 Å². The van der Waals surface area contributed by atoms with E-state index in [2.05, 4.69) is 4.98 Å². The molecule has 10 heteroatoms. The molecule has 2 aromatic rings. The van der Waals surface area contributed by atoms with Crippen molar-refractivity contribution in [2.45, 2.75) is 25.9 Å². The molecule has 1 aliphatic rings. The smallest absolute Gasteiger partial charge is 0.417 e. The first-order valence-electron chi connectivity index (χ1n) is 8.93. The van der Waals surface area contributed by atoms with Crippen LogP contribution >= 0.6 is 11.6 Å². The van der Waals surface area contributed by atoms with Crippen LogP contribution in [-0.2, 0) is 18.0 Å². The van der Waals surface area contributed by atoms with Crippen LogP contribution in [0.2, 0.25) is 5.02 Å². The van der Waals surface area contributed by atoms with E-state index in [0.717, 1.165) is 12.1 Å². The second kappa shape index (κ2) is 7.70. The molecular formula is C19H19ClF3N3O3. The molecule has 0 spiro atoms. The van der Waals surface area contributed by atoms with E-state index in [0.29, 0.717) is 37.4 Å². The molecule has 1 aliphatic heterocycles. The van der Waals surface area contributed by atoms with Crippen molar-refractivity contribution in [2.75, 3.05) is 18.0 Å². The van der Waals surface area contributed by atoms with Crippen molar-refractivity contribution in [2.24, 2.45) is 13.0 Å². The molecule has 6 nitrogen and oxygen atoms in total. The Hall–Kier alpha value is -2.55. The van der Waals surface area contributed by atoms with E-state index >= 15 is 0 Å². The van der Waals surface area contributed by atoms with E-state index in [9.17, 15) is 22.8 Å². The molecule has 0 radical (unpaired) electrons. The number of benzene rings is 1. The van der Waals surface area contributed by atoms with Crippen LogP contribution in [0.15, 0.2) is 18.2 Å². The van der Waals surface area contributed by atoms with Gasteiger partial charge < -0.3 is 14.6 Å². The van der Waals surface area contributed by atoms with Crippen molar-refractivity contribution in [3.8, 4) is 0 Å². The van der Waals surface area contributed by atoms with Gasteiger partial charge in [0, 0.05) is 20.1 Å². The Labute approximate surface area is 169 Å². The molecular weight excluding hydrogens is 411 g/mol. The maximum atomic E-state index is 13.4. The number of carboxylic acid groups (broad SMARTS) is 1. The average molecular weight is 430 g/mol. The minimum Gasteiger partial charge on any atom is -0.481 e. The fourth-order valence-electron chi connectivity index (χ4n) is 3.51. The third-order valence-corrected chi connectivity index (χ3v) is 5.56. The van der Waals surface area contributed by atoms with E-state index in [4.69, 9.17) is 16.7 Å². The third-order valence-electron chi connectivity index (χ3n) is 5.25. The van der Waals surface area contributed by atoms with Gasteiger partial charge in [0.15, 0.2) is 11.6 Å². The van der Waals surface area contributed by atoms with Crippen LogP contribution in [-0.4, -0.2) is 39.5 Å². The number of carbonyl (C=O) groups excluding carboxylic acids is 1. The number of hydrogen-bond donors (Lipinski definition) is 1. The summed E-state index contributed by atoms with van der Waals surface area (Å²) >= 11 is 5.95. The molecule has 0 unspecified atom stereocenters. The molecule has 1 fully saturated rings. The van der Waals surface area contributed by atoms with Crippen LogP contribution in [0.3, 0.4) is 0 Å². The van der Waals surface area contributed by atoms with Crippen LogP contribution in [0, 0.1) is 12.8 Å². The zero-order chi connectivity index (χ0) is 21.5. The number of carboxylic acids is 1. The fraction of sp³-hybridized carbons (Fsp3) is 0.421. The molecule has 0 atom stereocenters. The summed E-state index contributed by atoms with van der Waals surface area (Å²) < 4.78 is 41.6. The number of hydrogen-bond acceptors (Lipinski definition) is 4. The Balaban J connectivity index is 1.97. The molecule has 0 amide bonds. The molecule has 0 aliphatic carbocycles. The number of aromatic nitrogens is 2. The van der Waals surface area contributed by atoms with Gasteiger partial charge in [-0.1, -0.05) is 17.7 Å². The van der Waals surface area contributed by atoms with Crippen molar-refractivity contribution in [1.29, 1.82) is 0 Å². The number of rotatable bonds is 4. The number of aliphatic carboxylic acids is 1. The van der Waals surface area contributed by atoms with E-state index < -0.39 is 35.0 Å². The van der Waals surface area contributed by atoms with Crippen molar-refractivity contribution in [1.82, 2.24) is 9.55 Å². The normalized spacial score (nSPS) is 15.6. The first-order valence-corrected chi connectivity index (χ1v) is 9.31. The van der Waals surface area contributed by atoms with Gasteiger partial charge in [-0.2, -0.15) is 13.2 Å². The lowest BCUT2D eigenvalue weighted by atomic mass is 9.97. The van der Waals surface area contributed by atoms with Crippen LogP contribution in [0.25, 0.3) is 0 Å². The van der Waals surface area contributed by atoms with Gasteiger partial charge in [0.05, 0.1) is 27.8 Å². The summed E-state index contributed by atoms with van der Waals surface area (Å²) in [6.45, 7) is 2.57. The van der Waals surface area contributed by atoms with Crippen LogP contribution in [0.5, 0.6) is 0 Å². The standard InChI is InChI=1S/C19H19ClF3N3O3/c1-10-16(26-8-6-11(7-9-26)18(28)29)24-17(25(10)2)15(27)14-12(19(21,22)23)4-3-5-13(14)20/h3-5,11H,6-9H2,1-2H3,(H,28,29). The number of nitrogens with zero attached hydrogens (tertiary/aromatic N) is 3. The number of alkyl halides is 3. The second-order valence-electron chi connectivity index (χ2n) is 6.99. The second-order valence-corrected chi connectivity index (χ2v) is 7.40. The van der Waals surface area contributed by atoms with Gasteiger partial charge in [0.2, 0.25) is 5.78 Å². The van der Waals surface area contributed by atoms with Crippen LogP contribution in [0.4, 0.5) is 19.0 Å². The summed E-state index contributed by atoms with van der Waals surface area (Å²) in [5.74, 6) is -1.90. The topological polar surface area (TPSA) is 75.4 Å². The number of halogens is 4. The van der Waals surface area contributed by atoms with Gasteiger partial charge in [-0.25, -0.2) is 4.98 Å². The summed E-state index contributed by atoms with van der Waals surface area (Å²) in [6.07, 6.45) is -3.88. The van der Waals surface area contributed by atoms with Gasteiger partial charge in [-0.15, -0.1) is 0 Å². The van der Waals surface area contributed by atoms with Gasteiger partial charge in [-0.3, -0.25) is 9.59 Å². The van der Waals surface area contributed by atoms with E-state index in [1.807, 2.05) is 4.90 Å². The Morgan fingerprint density at radius 1 is 1.24 bits per heavy atom.